The number of hydrogen-bond donors (Lipinski definition) is 1. The fourth-order valence-electron chi connectivity index (χ4n) is 0.285. The number of carbonyl (C=O) groups is 2. The van der Waals surface area contributed by atoms with Crippen LogP contribution in [0.25, 0.3) is 0 Å². The molecule has 9 heavy (non-hydrogen) atoms. The van der Waals surface area contributed by atoms with Gasteiger partial charge in [-0.15, -0.1) is 0 Å². The Morgan fingerprint density at radius 2 is 2.33 bits per heavy atom. The van der Waals surface area contributed by atoms with E-state index in [-0.39, 0.29) is 12.7 Å². The fourth-order valence-corrected chi connectivity index (χ4v) is 0.285. The first-order chi connectivity index (χ1) is 4.06. The van der Waals surface area contributed by atoms with Crippen LogP contribution in [0.15, 0.2) is 0 Å². The maximum Gasteiger partial charge on any atom is 0.332 e. The van der Waals surface area contributed by atoms with Crippen LogP contribution in [0.2, 0.25) is 0 Å². The maximum atomic E-state index is 10.1. The van der Waals surface area contributed by atoms with Crippen molar-refractivity contribution in [2.75, 3.05) is 0 Å². The standard InChI is InChI=1S/C5H7ClO3/c1-2-5(6,3-7)4(8)9/h3H,2H2,1H3,(H,8,9)/t5-/m0/s1. The second-order valence-electron chi connectivity index (χ2n) is 1.64. The Morgan fingerprint density at radius 1 is 1.89 bits per heavy atom. The summed E-state index contributed by atoms with van der Waals surface area (Å²) in [6, 6.07) is 0. The number of halogens is 1. The lowest BCUT2D eigenvalue weighted by atomic mass is 10.1. The van der Waals surface area contributed by atoms with E-state index in [1.807, 2.05) is 0 Å². The van der Waals surface area contributed by atoms with Crippen molar-refractivity contribution >= 4 is 23.9 Å². The summed E-state index contributed by atoms with van der Waals surface area (Å²) in [7, 11) is 0. The van der Waals surface area contributed by atoms with Gasteiger partial charge >= 0.3 is 5.97 Å². The van der Waals surface area contributed by atoms with Gasteiger partial charge in [0.1, 0.15) is 0 Å². The number of aldehydes is 1. The third-order valence-corrected chi connectivity index (χ3v) is 1.57. The van der Waals surface area contributed by atoms with E-state index < -0.39 is 10.8 Å². The molecule has 0 rings (SSSR count). The van der Waals surface area contributed by atoms with Crippen molar-refractivity contribution in [2.45, 2.75) is 18.2 Å². The van der Waals surface area contributed by atoms with Crippen LogP contribution in [0.4, 0.5) is 0 Å². The Labute approximate surface area is 57.6 Å². The first-order valence-corrected chi connectivity index (χ1v) is 2.83. The van der Waals surface area contributed by atoms with Gasteiger partial charge in [0.05, 0.1) is 0 Å². The highest BCUT2D eigenvalue weighted by molar-refractivity contribution is 6.42. The minimum atomic E-state index is -1.71. The second-order valence-corrected chi connectivity index (χ2v) is 2.31. The Balaban J connectivity index is 4.27. The molecule has 0 heterocycles. The van der Waals surface area contributed by atoms with Crippen LogP contribution < -0.4 is 0 Å². The number of carbonyl (C=O) groups excluding carboxylic acids is 1. The van der Waals surface area contributed by atoms with Crippen molar-refractivity contribution in [1.82, 2.24) is 0 Å². The molecule has 3 nitrogen and oxygen atoms in total. The van der Waals surface area contributed by atoms with Gasteiger partial charge in [0.25, 0.3) is 0 Å². The molecule has 0 saturated heterocycles. The van der Waals surface area contributed by atoms with Gasteiger partial charge in [-0.3, -0.25) is 0 Å². The number of rotatable bonds is 3. The number of carboxylic acid groups (broad SMARTS) is 1. The Hall–Kier alpha value is -0.570. The van der Waals surface area contributed by atoms with Crippen LogP contribution in [0.3, 0.4) is 0 Å². The van der Waals surface area contributed by atoms with Gasteiger partial charge in [0.15, 0.2) is 11.2 Å². The van der Waals surface area contributed by atoms with E-state index in [0.29, 0.717) is 0 Å². The molecule has 0 aliphatic rings. The van der Waals surface area contributed by atoms with E-state index in [1.165, 1.54) is 6.92 Å². The Bertz CT molecular complexity index is 134. The van der Waals surface area contributed by atoms with Gasteiger partial charge in [0.2, 0.25) is 0 Å². The summed E-state index contributed by atoms with van der Waals surface area (Å²) in [5.41, 5.74) is 0. The molecular formula is C5H7ClO3. The van der Waals surface area contributed by atoms with Crippen molar-refractivity contribution < 1.29 is 14.7 Å². The molecule has 0 bridgehead atoms. The summed E-state index contributed by atoms with van der Waals surface area (Å²) in [5.74, 6) is -1.29. The van der Waals surface area contributed by atoms with Crippen molar-refractivity contribution in [3.63, 3.8) is 0 Å². The van der Waals surface area contributed by atoms with Crippen molar-refractivity contribution in [3.8, 4) is 0 Å². The number of aliphatic carboxylic acids is 1. The summed E-state index contributed by atoms with van der Waals surface area (Å²) in [5, 5.41) is 8.27. The Kier molecular flexibility index (Phi) is 2.65. The third kappa shape index (κ3) is 1.68. The first-order valence-electron chi connectivity index (χ1n) is 2.45. The molecule has 4 heteroatoms. The molecule has 0 saturated carbocycles. The first kappa shape index (κ1) is 8.43. The van der Waals surface area contributed by atoms with E-state index in [9.17, 15) is 9.59 Å². The lowest BCUT2D eigenvalue weighted by molar-refractivity contribution is -0.141. The molecule has 0 spiro atoms. The van der Waals surface area contributed by atoms with Crippen LogP contribution in [-0.2, 0) is 9.59 Å². The molecule has 0 aliphatic heterocycles. The minimum absolute atomic E-state index is 0.105. The third-order valence-electron chi connectivity index (χ3n) is 1.06. The van der Waals surface area contributed by atoms with E-state index in [0.717, 1.165) is 0 Å². The molecule has 0 aromatic carbocycles. The van der Waals surface area contributed by atoms with Crippen LogP contribution in [-0.4, -0.2) is 22.2 Å². The van der Waals surface area contributed by atoms with E-state index in [4.69, 9.17) is 16.7 Å². The smallest absolute Gasteiger partial charge is 0.332 e. The lowest BCUT2D eigenvalue weighted by Crippen LogP contribution is -2.32. The summed E-state index contributed by atoms with van der Waals surface area (Å²) in [6.45, 7) is 1.54. The van der Waals surface area contributed by atoms with Gasteiger partial charge < -0.3 is 9.90 Å². The number of carboxylic acids is 1. The van der Waals surface area contributed by atoms with Gasteiger partial charge in [-0.25, -0.2) is 4.79 Å². The second kappa shape index (κ2) is 2.82. The largest absolute Gasteiger partial charge is 0.480 e. The highest BCUT2D eigenvalue weighted by atomic mass is 35.5. The Morgan fingerprint density at radius 3 is 2.33 bits per heavy atom. The average molecular weight is 151 g/mol. The lowest BCUT2D eigenvalue weighted by Gasteiger charge is -2.09. The van der Waals surface area contributed by atoms with E-state index in [2.05, 4.69) is 0 Å². The molecule has 0 unspecified atom stereocenters. The van der Waals surface area contributed by atoms with Crippen molar-refractivity contribution in [1.29, 1.82) is 0 Å². The average Bonchev–Trinajstić information content (AvgIpc) is 1.86. The maximum absolute atomic E-state index is 10.1. The number of hydrogen-bond acceptors (Lipinski definition) is 2. The van der Waals surface area contributed by atoms with Crippen LogP contribution >= 0.6 is 11.6 Å². The highest BCUT2D eigenvalue weighted by Gasteiger charge is 2.33. The summed E-state index contributed by atoms with van der Waals surface area (Å²) in [4.78, 5) is 18.4. The molecule has 1 N–H and O–H groups in total. The molecule has 0 aromatic heterocycles. The number of alkyl halides is 1. The summed E-state index contributed by atoms with van der Waals surface area (Å²) >= 11 is 5.28. The van der Waals surface area contributed by atoms with Gasteiger partial charge in [-0.1, -0.05) is 18.5 Å². The highest BCUT2D eigenvalue weighted by Crippen LogP contribution is 2.15. The molecule has 0 radical (unpaired) electrons. The molecule has 0 aromatic rings. The quantitative estimate of drug-likeness (QED) is 0.365. The van der Waals surface area contributed by atoms with E-state index >= 15 is 0 Å². The zero-order chi connectivity index (χ0) is 7.49. The predicted molar refractivity (Wildman–Crippen MR) is 32.6 cm³/mol. The molecule has 0 amide bonds. The summed E-state index contributed by atoms with van der Waals surface area (Å²) in [6.07, 6.45) is 0.338. The zero-order valence-electron chi connectivity index (χ0n) is 4.93. The zero-order valence-corrected chi connectivity index (χ0v) is 5.68. The molecule has 52 valence electrons. The predicted octanol–water partition coefficient (Wildman–Crippen LogP) is 0.657. The molecule has 1 atom stereocenters. The van der Waals surface area contributed by atoms with Gasteiger partial charge in [-0.05, 0) is 6.42 Å². The normalized spacial score (nSPS) is 16.2. The van der Waals surface area contributed by atoms with Crippen molar-refractivity contribution in [3.05, 3.63) is 0 Å². The minimum Gasteiger partial charge on any atom is -0.480 e. The van der Waals surface area contributed by atoms with Crippen LogP contribution in [0.5, 0.6) is 0 Å². The monoisotopic (exact) mass is 150 g/mol. The molecule has 0 fully saturated rings. The van der Waals surface area contributed by atoms with E-state index in [1.54, 1.807) is 0 Å². The van der Waals surface area contributed by atoms with Gasteiger partial charge in [-0.2, -0.15) is 0 Å². The SMILES string of the molecule is CC[C@](Cl)(C=O)C(=O)O. The molecular weight excluding hydrogens is 144 g/mol. The topological polar surface area (TPSA) is 54.4 Å². The fraction of sp³-hybridized carbons (Fsp3) is 0.600. The molecule has 0 aliphatic carbocycles. The van der Waals surface area contributed by atoms with Crippen LogP contribution in [0.1, 0.15) is 13.3 Å². The van der Waals surface area contributed by atoms with Crippen LogP contribution in [0, 0.1) is 0 Å². The van der Waals surface area contributed by atoms with Crippen molar-refractivity contribution in [2.24, 2.45) is 0 Å². The van der Waals surface area contributed by atoms with Gasteiger partial charge in [0, 0.05) is 0 Å². The summed E-state index contributed by atoms with van der Waals surface area (Å²) < 4.78 is 0.